The van der Waals surface area contributed by atoms with Gasteiger partial charge in [0, 0.05) is 12.1 Å². The summed E-state index contributed by atoms with van der Waals surface area (Å²) in [5.74, 6) is -0.117. The number of carbonyl (C=O) groups excluding carboxylic acids is 1. The highest BCUT2D eigenvalue weighted by atomic mass is 16.6. The third-order valence-electron chi connectivity index (χ3n) is 4.33. The molecule has 0 heterocycles. The number of hydrogen-bond donors (Lipinski definition) is 1. The predicted molar refractivity (Wildman–Crippen MR) is 104 cm³/mol. The summed E-state index contributed by atoms with van der Waals surface area (Å²) in [4.78, 5) is 22.8. The van der Waals surface area contributed by atoms with E-state index in [1.165, 1.54) is 12.1 Å². The van der Waals surface area contributed by atoms with Crippen LogP contribution in [0, 0.1) is 10.1 Å². The number of benzene rings is 3. The van der Waals surface area contributed by atoms with Crippen LogP contribution in [0.5, 0.6) is 0 Å². The quantitative estimate of drug-likeness (QED) is 0.506. The minimum Gasteiger partial charge on any atom is -0.349 e. The fourth-order valence-electron chi connectivity index (χ4n) is 2.95. The molecule has 1 atom stereocenters. The van der Waals surface area contributed by atoms with E-state index in [-0.39, 0.29) is 24.1 Å². The van der Waals surface area contributed by atoms with E-state index in [1.54, 1.807) is 12.1 Å². The molecular weight excluding hydrogens is 340 g/mol. The molecule has 3 aromatic rings. The fourth-order valence-corrected chi connectivity index (χ4v) is 2.95. The Kier molecular flexibility index (Phi) is 5.94. The topological polar surface area (TPSA) is 72.2 Å². The second kappa shape index (κ2) is 8.76. The Bertz CT molecular complexity index is 894. The van der Waals surface area contributed by atoms with Crippen molar-refractivity contribution in [2.75, 3.05) is 0 Å². The summed E-state index contributed by atoms with van der Waals surface area (Å²) in [6.45, 7) is 0. The molecule has 5 heteroatoms. The molecule has 0 bridgehead atoms. The summed E-state index contributed by atoms with van der Waals surface area (Å²) in [5, 5.41) is 13.8. The van der Waals surface area contributed by atoms with Gasteiger partial charge in [-0.15, -0.1) is 0 Å². The van der Waals surface area contributed by atoms with E-state index < -0.39 is 4.92 Å². The van der Waals surface area contributed by atoms with Crippen LogP contribution in [0.15, 0.2) is 84.9 Å². The molecule has 136 valence electrons. The first-order valence-corrected chi connectivity index (χ1v) is 8.73. The Morgan fingerprint density at radius 2 is 1.44 bits per heavy atom. The van der Waals surface area contributed by atoms with Crippen molar-refractivity contribution < 1.29 is 9.72 Å². The molecule has 0 saturated heterocycles. The van der Waals surface area contributed by atoms with Crippen LogP contribution >= 0.6 is 0 Å². The largest absolute Gasteiger partial charge is 0.349 e. The van der Waals surface area contributed by atoms with Gasteiger partial charge < -0.3 is 5.32 Å². The van der Waals surface area contributed by atoms with Gasteiger partial charge in [-0.3, -0.25) is 14.9 Å². The Balaban J connectivity index is 1.71. The molecule has 5 nitrogen and oxygen atoms in total. The van der Waals surface area contributed by atoms with E-state index in [1.807, 2.05) is 60.7 Å². The van der Waals surface area contributed by atoms with Crippen molar-refractivity contribution in [3.8, 4) is 0 Å². The van der Waals surface area contributed by atoms with E-state index in [4.69, 9.17) is 0 Å². The second-order valence-electron chi connectivity index (χ2n) is 6.32. The van der Waals surface area contributed by atoms with Gasteiger partial charge in [0.15, 0.2) is 0 Å². The number of carbonyl (C=O) groups is 1. The lowest BCUT2D eigenvalue weighted by Crippen LogP contribution is -2.31. The molecule has 0 fully saturated rings. The number of nitro benzene ring substituents is 1. The summed E-state index contributed by atoms with van der Waals surface area (Å²) in [7, 11) is 0. The van der Waals surface area contributed by atoms with E-state index >= 15 is 0 Å². The molecule has 0 radical (unpaired) electrons. The van der Waals surface area contributed by atoms with Crippen LogP contribution < -0.4 is 5.32 Å². The van der Waals surface area contributed by atoms with E-state index in [9.17, 15) is 14.9 Å². The minimum absolute atomic E-state index is 0.0189. The number of nitrogens with one attached hydrogen (secondary N) is 1. The van der Waals surface area contributed by atoms with Gasteiger partial charge in [-0.25, -0.2) is 0 Å². The van der Waals surface area contributed by atoms with Crippen molar-refractivity contribution in [2.24, 2.45) is 0 Å². The normalized spacial score (nSPS) is 11.6. The van der Waals surface area contributed by atoms with Crippen molar-refractivity contribution in [3.63, 3.8) is 0 Å². The van der Waals surface area contributed by atoms with Crippen molar-refractivity contribution >= 4 is 11.6 Å². The molecule has 0 aliphatic carbocycles. The highest BCUT2D eigenvalue weighted by Crippen LogP contribution is 2.19. The third kappa shape index (κ3) is 5.25. The van der Waals surface area contributed by atoms with Crippen molar-refractivity contribution in [3.05, 3.63) is 112 Å². The smallest absolute Gasteiger partial charge is 0.269 e. The lowest BCUT2D eigenvalue weighted by Gasteiger charge is -2.19. The average molecular weight is 360 g/mol. The molecule has 3 aromatic carbocycles. The molecule has 3 rings (SSSR count). The highest BCUT2D eigenvalue weighted by Gasteiger charge is 2.16. The molecule has 0 aliphatic heterocycles. The van der Waals surface area contributed by atoms with Crippen LogP contribution in [0.3, 0.4) is 0 Å². The van der Waals surface area contributed by atoms with Gasteiger partial charge in [0.05, 0.1) is 17.4 Å². The van der Waals surface area contributed by atoms with Crippen LogP contribution in [0.4, 0.5) is 5.69 Å². The summed E-state index contributed by atoms with van der Waals surface area (Å²) < 4.78 is 0. The number of nitrogens with zero attached hydrogens (tertiary/aromatic N) is 1. The maximum atomic E-state index is 12.6. The Morgan fingerprint density at radius 1 is 0.852 bits per heavy atom. The number of non-ortho nitro benzene ring substituents is 1. The zero-order valence-corrected chi connectivity index (χ0v) is 14.7. The van der Waals surface area contributed by atoms with Crippen LogP contribution in [-0.2, 0) is 17.6 Å². The van der Waals surface area contributed by atoms with Gasteiger partial charge in [-0.05, 0) is 23.1 Å². The van der Waals surface area contributed by atoms with Crippen molar-refractivity contribution in [1.82, 2.24) is 5.32 Å². The zero-order chi connectivity index (χ0) is 19.1. The average Bonchev–Trinajstić information content (AvgIpc) is 2.69. The van der Waals surface area contributed by atoms with Crippen molar-refractivity contribution in [2.45, 2.75) is 18.9 Å². The van der Waals surface area contributed by atoms with Gasteiger partial charge in [0.25, 0.3) is 5.69 Å². The first kappa shape index (κ1) is 18.3. The minimum atomic E-state index is -0.449. The molecule has 0 saturated carbocycles. The second-order valence-corrected chi connectivity index (χ2v) is 6.32. The fraction of sp³-hybridized carbons (Fsp3) is 0.136. The van der Waals surface area contributed by atoms with E-state index in [0.717, 1.165) is 16.7 Å². The predicted octanol–water partition coefficient (Wildman–Crippen LogP) is 4.24. The Labute approximate surface area is 157 Å². The van der Waals surface area contributed by atoms with Crippen molar-refractivity contribution in [1.29, 1.82) is 0 Å². The first-order valence-electron chi connectivity index (χ1n) is 8.73. The molecule has 0 aromatic heterocycles. The van der Waals surface area contributed by atoms with Gasteiger partial charge in [-0.1, -0.05) is 72.8 Å². The van der Waals surface area contributed by atoms with E-state index in [0.29, 0.717) is 6.42 Å². The summed E-state index contributed by atoms with van der Waals surface area (Å²) in [6, 6.07) is 25.8. The zero-order valence-electron chi connectivity index (χ0n) is 14.7. The maximum absolute atomic E-state index is 12.6. The molecule has 27 heavy (non-hydrogen) atoms. The van der Waals surface area contributed by atoms with Crippen LogP contribution in [0.2, 0.25) is 0 Å². The maximum Gasteiger partial charge on any atom is 0.269 e. The summed E-state index contributed by atoms with van der Waals surface area (Å²) in [6.07, 6.45) is 0.868. The molecule has 0 spiro atoms. The lowest BCUT2D eigenvalue weighted by molar-refractivity contribution is -0.384. The third-order valence-corrected chi connectivity index (χ3v) is 4.33. The monoisotopic (exact) mass is 360 g/mol. The number of amides is 1. The van der Waals surface area contributed by atoms with Gasteiger partial charge in [0.1, 0.15) is 0 Å². The molecule has 1 amide bonds. The van der Waals surface area contributed by atoms with Gasteiger partial charge >= 0.3 is 0 Å². The number of hydrogen-bond acceptors (Lipinski definition) is 3. The molecular formula is C22H20N2O3. The van der Waals surface area contributed by atoms with Crippen LogP contribution in [0.25, 0.3) is 0 Å². The standard InChI is InChI=1S/C22H20N2O3/c25-22(16-18-11-13-20(14-12-18)24(26)27)23-21(19-9-5-2-6-10-19)15-17-7-3-1-4-8-17/h1-14,21H,15-16H2,(H,23,25). The Hall–Kier alpha value is -3.47. The first-order chi connectivity index (χ1) is 13.1. The van der Waals surface area contributed by atoms with E-state index in [2.05, 4.69) is 5.32 Å². The highest BCUT2D eigenvalue weighted by molar-refractivity contribution is 5.79. The Morgan fingerprint density at radius 3 is 2.04 bits per heavy atom. The summed E-state index contributed by atoms with van der Waals surface area (Å²) in [5.41, 5.74) is 2.94. The number of rotatable bonds is 7. The molecule has 0 aliphatic rings. The van der Waals surface area contributed by atoms with Crippen LogP contribution in [0.1, 0.15) is 22.7 Å². The van der Waals surface area contributed by atoms with Crippen LogP contribution in [-0.4, -0.2) is 10.8 Å². The lowest BCUT2D eigenvalue weighted by atomic mass is 9.98. The molecule has 1 unspecified atom stereocenters. The van der Waals surface area contributed by atoms with Gasteiger partial charge in [0.2, 0.25) is 5.91 Å². The summed E-state index contributed by atoms with van der Waals surface area (Å²) >= 11 is 0. The molecule has 1 N–H and O–H groups in total. The SMILES string of the molecule is O=C(Cc1ccc([N+](=O)[O-])cc1)NC(Cc1ccccc1)c1ccccc1. The number of nitro groups is 1. The van der Waals surface area contributed by atoms with Gasteiger partial charge in [-0.2, -0.15) is 0 Å².